The number of hydrogen-bond acceptors (Lipinski definition) is 6. The number of likely N-dealkylation sites (N-methyl/N-ethyl adjacent to an activating group) is 2. The van der Waals surface area contributed by atoms with Crippen LogP contribution in [-0.4, -0.2) is 76.1 Å². The van der Waals surface area contributed by atoms with Crippen molar-refractivity contribution in [3.8, 4) is 0 Å². The summed E-state index contributed by atoms with van der Waals surface area (Å²) in [6, 6.07) is -1.20. The number of fused-ring (bicyclic) bond motifs is 1. The van der Waals surface area contributed by atoms with Crippen LogP contribution in [0.5, 0.6) is 0 Å². The third-order valence-corrected chi connectivity index (χ3v) is 4.46. The summed E-state index contributed by atoms with van der Waals surface area (Å²) in [4.78, 5) is 46.9. The number of aliphatic imine (C=N–C) groups is 1. The molecule has 23 heavy (non-hydrogen) atoms. The first-order valence-electron chi connectivity index (χ1n) is 6.82. The monoisotopic (exact) mass is 335 g/mol. The van der Waals surface area contributed by atoms with Crippen LogP contribution in [0.2, 0.25) is 0 Å². The first-order valence-corrected chi connectivity index (χ1v) is 7.70. The Hall–Kier alpha value is -2.62. The molecular weight excluding hydrogens is 320 g/mol. The molecule has 0 radical (unpaired) electrons. The normalized spacial score (nSPS) is 20.4. The van der Waals surface area contributed by atoms with E-state index in [9.17, 15) is 14.4 Å². The van der Waals surface area contributed by atoms with E-state index in [0.29, 0.717) is 11.0 Å². The van der Waals surface area contributed by atoms with Gasteiger partial charge in [-0.05, 0) is 11.9 Å². The molecule has 1 fully saturated rings. The van der Waals surface area contributed by atoms with Crippen molar-refractivity contribution in [1.29, 1.82) is 0 Å². The second-order valence-electron chi connectivity index (χ2n) is 5.26. The molecule has 1 saturated heterocycles. The molecular formula is C13H15N6O3S+. The van der Waals surface area contributed by atoms with E-state index in [-0.39, 0.29) is 12.5 Å². The Labute approximate surface area is 135 Å². The molecule has 4 amide bonds. The van der Waals surface area contributed by atoms with Crippen LogP contribution in [0.15, 0.2) is 10.4 Å². The maximum atomic E-state index is 12.3. The number of imide groups is 1. The number of anilines is 1. The molecule has 0 bridgehead atoms. The predicted molar refractivity (Wildman–Crippen MR) is 83.8 cm³/mol. The molecule has 2 aliphatic heterocycles. The molecule has 0 aromatic carbocycles. The van der Waals surface area contributed by atoms with E-state index in [0.717, 1.165) is 10.6 Å². The number of nitrogens with zero attached hydrogens (tertiary/aromatic N) is 5. The number of aryl methyl sites for hydroxylation is 1. The number of hydrogen-bond donors (Lipinski definition) is 1. The van der Waals surface area contributed by atoms with Gasteiger partial charge in [0, 0.05) is 19.5 Å². The lowest BCUT2D eigenvalue weighted by atomic mass is 10.1. The van der Waals surface area contributed by atoms with Crippen molar-refractivity contribution < 1.29 is 19.0 Å². The molecule has 0 aliphatic carbocycles. The van der Waals surface area contributed by atoms with Crippen molar-refractivity contribution in [2.45, 2.75) is 13.0 Å². The first kappa shape index (κ1) is 15.3. The van der Waals surface area contributed by atoms with E-state index < -0.39 is 18.0 Å². The minimum Gasteiger partial charge on any atom is -0.299 e. The predicted octanol–water partition coefficient (Wildman–Crippen LogP) is -0.265. The topological polar surface area (TPSA) is 98.0 Å². The average molecular weight is 335 g/mol. The Morgan fingerprint density at radius 3 is 2.78 bits per heavy atom. The molecule has 10 heteroatoms. The number of urea groups is 1. The number of carbonyl (C=O) groups is 3. The molecule has 1 unspecified atom stereocenters. The lowest BCUT2D eigenvalue weighted by Crippen LogP contribution is -2.61. The highest BCUT2D eigenvalue weighted by atomic mass is 32.1. The molecule has 1 aromatic heterocycles. The summed E-state index contributed by atoms with van der Waals surface area (Å²) >= 11 is 1.33. The molecule has 3 heterocycles. The number of aromatic nitrogens is 1. The Bertz CT molecular complexity index is 768. The second-order valence-corrected chi connectivity index (χ2v) is 6.12. The summed E-state index contributed by atoms with van der Waals surface area (Å²) in [5.41, 5.74) is 0.827. The first-order chi connectivity index (χ1) is 10.9. The van der Waals surface area contributed by atoms with Crippen LogP contribution in [-0.2, 0) is 9.59 Å². The van der Waals surface area contributed by atoms with E-state index in [2.05, 4.69) is 15.3 Å². The third-order valence-electron chi connectivity index (χ3n) is 3.59. The summed E-state index contributed by atoms with van der Waals surface area (Å²) in [5.74, 6) is -0.378. The van der Waals surface area contributed by atoms with E-state index in [1.165, 1.54) is 34.2 Å². The Kier molecular flexibility index (Phi) is 3.68. The zero-order chi connectivity index (χ0) is 16.7. The van der Waals surface area contributed by atoms with Gasteiger partial charge in [-0.25, -0.2) is 14.4 Å². The lowest BCUT2D eigenvalue weighted by Gasteiger charge is -2.30. The zero-order valence-electron chi connectivity index (χ0n) is 12.8. The molecule has 0 saturated carbocycles. The summed E-state index contributed by atoms with van der Waals surface area (Å²) < 4.78 is 1.51. The zero-order valence-corrected chi connectivity index (χ0v) is 13.6. The minimum absolute atomic E-state index is 0.0576. The van der Waals surface area contributed by atoms with Crippen molar-refractivity contribution in [1.82, 2.24) is 14.8 Å². The van der Waals surface area contributed by atoms with Gasteiger partial charge in [0.05, 0.1) is 5.69 Å². The van der Waals surface area contributed by atoms with Crippen LogP contribution in [0.1, 0.15) is 5.69 Å². The van der Waals surface area contributed by atoms with Gasteiger partial charge in [-0.15, -0.1) is 11.3 Å². The molecule has 120 valence electrons. The van der Waals surface area contributed by atoms with E-state index in [1.807, 2.05) is 12.3 Å². The van der Waals surface area contributed by atoms with Gasteiger partial charge in [-0.2, -0.15) is 0 Å². The number of carbonyl (C=O) groups excluding carboxylic acids is 3. The SMILES string of the molecule is Cc1csc(NC(=O)C[N+]2=CN=C3C2C(=O)N(C)C(=O)N3C)n1. The summed E-state index contributed by atoms with van der Waals surface area (Å²) in [6.07, 6.45) is 1.41. The number of nitrogens with one attached hydrogen (secondary N) is 1. The molecule has 0 spiro atoms. The fourth-order valence-corrected chi connectivity index (χ4v) is 3.11. The Morgan fingerprint density at radius 2 is 2.13 bits per heavy atom. The molecule has 1 aromatic rings. The van der Waals surface area contributed by atoms with E-state index >= 15 is 0 Å². The maximum Gasteiger partial charge on any atom is 0.333 e. The molecule has 2 aliphatic rings. The lowest BCUT2D eigenvalue weighted by molar-refractivity contribution is -0.519. The highest BCUT2D eigenvalue weighted by Crippen LogP contribution is 2.17. The van der Waals surface area contributed by atoms with E-state index in [1.54, 1.807) is 7.05 Å². The van der Waals surface area contributed by atoms with Crippen molar-refractivity contribution in [3.05, 3.63) is 11.1 Å². The molecule has 1 N–H and O–H groups in total. The van der Waals surface area contributed by atoms with Crippen molar-refractivity contribution in [2.75, 3.05) is 26.0 Å². The fourth-order valence-electron chi connectivity index (χ4n) is 2.41. The smallest absolute Gasteiger partial charge is 0.299 e. The minimum atomic E-state index is -0.758. The van der Waals surface area contributed by atoms with Crippen molar-refractivity contribution in [3.63, 3.8) is 0 Å². The van der Waals surface area contributed by atoms with Crippen LogP contribution < -0.4 is 5.32 Å². The van der Waals surface area contributed by atoms with Gasteiger partial charge in [0.25, 0.3) is 30.0 Å². The van der Waals surface area contributed by atoms with E-state index in [4.69, 9.17) is 0 Å². The fraction of sp³-hybridized carbons (Fsp3) is 0.385. The molecule has 1 atom stereocenters. The highest BCUT2D eigenvalue weighted by Gasteiger charge is 2.50. The van der Waals surface area contributed by atoms with Gasteiger partial charge in [0.15, 0.2) is 11.7 Å². The quantitative estimate of drug-likeness (QED) is 0.769. The van der Waals surface area contributed by atoms with Gasteiger partial charge >= 0.3 is 6.03 Å². The summed E-state index contributed by atoms with van der Waals surface area (Å²) in [5, 5.41) is 5.02. The van der Waals surface area contributed by atoms with Crippen LogP contribution in [0, 0.1) is 6.92 Å². The summed E-state index contributed by atoms with van der Waals surface area (Å²) in [6.45, 7) is 1.78. The van der Waals surface area contributed by atoms with Gasteiger partial charge in [-0.3, -0.25) is 24.7 Å². The van der Waals surface area contributed by atoms with Crippen LogP contribution in [0.25, 0.3) is 0 Å². The Balaban J connectivity index is 1.72. The Morgan fingerprint density at radius 1 is 1.39 bits per heavy atom. The maximum absolute atomic E-state index is 12.3. The number of amides is 4. The van der Waals surface area contributed by atoms with Crippen LogP contribution in [0.3, 0.4) is 0 Å². The average Bonchev–Trinajstić information content (AvgIpc) is 3.09. The standard InChI is InChI=1S/C13H14N6O3S/c1-7-5-23-12(15-7)16-8(20)4-19-6-14-10-9(19)11(21)18(3)13(22)17(10)2/h5-6,9H,4H2,1-3H3/p+1. The number of thiazole rings is 1. The largest absolute Gasteiger partial charge is 0.333 e. The molecule has 3 rings (SSSR count). The number of amidine groups is 1. The van der Waals surface area contributed by atoms with Crippen LogP contribution >= 0.6 is 11.3 Å². The highest BCUT2D eigenvalue weighted by molar-refractivity contribution is 7.13. The van der Waals surface area contributed by atoms with Gasteiger partial charge in [0.1, 0.15) is 0 Å². The van der Waals surface area contributed by atoms with Crippen molar-refractivity contribution in [2.24, 2.45) is 4.99 Å². The van der Waals surface area contributed by atoms with Gasteiger partial charge in [-0.1, -0.05) is 0 Å². The third kappa shape index (κ3) is 2.61. The number of rotatable bonds is 3. The van der Waals surface area contributed by atoms with Gasteiger partial charge in [0.2, 0.25) is 0 Å². The molecule has 9 nitrogen and oxygen atoms in total. The van der Waals surface area contributed by atoms with Crippen LogP contribution in [0.4, 0.5) is 9.93 Å². The second kappa shape index (κ2) is 5.54. The summed E-state index contributed by atoms with van der Waals surface area (Å²) in [7, 11) is 2.96. The van der Waals surface area contributed by atoms with Crippen molar-refractivity contribution >= 4 is 46.5 Å². The van der Waals surface area contributed by atoms with Gasteiger partial charge < -0.3 is 0 Å².